The summed E-state index contributed by atoms with van der Waals surface area (Å²) in [4.78, 5) is 9.38. The zero-order valence-electron chi connectivity index (χ0n) is 13.4. The summed E-state index contributed by atoms with van der Waals surface area (Å²) in [5.41, 5.74) is 2.58. The van der Waals surface area contributed by atoms with Gasteiger partial charge in [-0.05, 0) is 12.5 Å². The van der Waals surface area contributed by atoms with E-state index in [2.05, 4.69) is 25.6 Å². The molecular weight excluding hydrogens is 338 g/mol. The van der Waals surface area contributed by atoms with Crippen molar-refractivity contribution in [3.63, 3.8) is 0 Å². The van der Waals surface area contributed by atoms with Gasteiger partial charge in [-0.25, -0.2) is 14.2 Å². The number of rotatable bonds is 5. The molecule has 0 aliphatic rings. The molecule has 4 rings (SSSR count). The standard InChI is InChI=1S/C16H15N7OS/c1-23-16-12(9-19-23)14(17-6-3-7-25-24)20-15(21-16)10-4-2-5-13-11(10)8-18-22-13/h2,4-5,7-9H,3,6H2,1H3,(H,18,22)(H,17,20,21). The number of aromatic amines is 1. The summed E-state index contributed by atoms with van der Waals surface area (Å²) < 4.78 is 12.2. The molecule has 4 aromatic rings. The third-order valence-corrected chi connectivity index (χ3v) is 4.31. The average Bonchev–Trinajstić information content (AvgIpc) is 3.25. The van der Waals surface area contributed by atoms with Crippen molar-refractivity contribution in [2.45, 2.75) is 6.42 Å². The predicted octanol–water partition coefficient (Wildman–Crippen LogP) is 1.72. The zero-order chi connectivity index (χ0) is 17.2. The molecule has 0 amide bonds. The van der Waals surface area contributed by atoms with Crippen molar-refractivity contribution >= 4 is 44.4 Å². The summed E-state index contributed by atoms with van der Waals surface area (Å²) in [6, 6.07) is 5.88. The highest BCUT2D eigenvalue weighted by Crippen LogP contribution is 2.28. The first-order valence-corrected chi connectivity index (χ1v) is 8.55. The van der Waals surface area contributed by atoms with Gasteiger partial charge in [0, 0.05) is 29.9 Å². The Hall–Kier alpha value is -3.07. The molecule has 126 valence electrons. The number of H-pyrrole nitrogens is 1. The van der Waals surface area contributed by atoms with Crippen LogP contribution in [0.1, 0.15) is 6.42 Å². The van der Waals surface area contributed by atoms with Gasteiger partial charge in [-0.1, -0.05) is 12.1 Å². The van der Waals surface area contributed by atoms with E-state index in [1.54, 1.807) is 22.4 Å². The second-order valence-corrected chi connectivity index (χ2v) is 6.04. The van der Waals surface area contributed by atoms with E-state index in [9.17, 15) is 4.21 Å². The van der Waals surface area contributed by atoms with Crippen LogP contribution in [-0.4, -0.2) is 46.1 Å². The Morgan fingerprint density at radius 3 is 3.08 bits per heavy atom. The Labute approximate surface area is 146 Å². The molecule has 0 aliphatic carbocycles. The Balaban J connectivity index is 1.85. The molecule has 0 fully saturated rings. The number of aryl methyl sites for hydroxylation is 1. The van der Waals surface area contributed by atoms with E-state index in [4.69, 9.17) is 4.98 Å². The molecule has 0 saturated carbocycles. The summed E-state index contributed by atoms with van der Waals surface area (Å²) in [5.74, 6) is 1.31. The SMILES string of the molecule is Cn1ncc2c(NCCC=S=O)nc(-c3cccc4[nH]ncc34)nc21. The minimum atomic E-state index is 0.472. The Bertz CT molecular complexity index is 1110. The minimum Gasteiger partial charge on any atom is -0.369 e. The molecule has 9 heteroatoms. The largest absolute Gasteiger partial charge is 0.369 e. The first-order chi connectivity index (χ1) is 12.3. The predicted molar refractivity (Wildman–Crippen MR) is 98.7 cm³/mol. The monoisotopic (exact) mass is 353 g/mol. The van der Waals surface area contributed by atoms with Crippen LogP contribution in [0.3, 0.4) is 0 Å². The second-order valence-electron chi connectivity index (χ2n) is 5.52. The summed E-state index contributed by atoms with van der Waals surface area (Å²) in [5, 5.41) is 18.0. The number of benzene rings is 1. The molecule has 0 bridgehead atoms. The lowest BCUT2D eigenvalue weighted by molar-refractivity contribution is 0.701. The van der Waals surface area contributed by atoms with Gasteiger partial charge in [-0.3, -0.25) is 9.78 Å². The highest BCUT2D eigenvalue weighted by atomic mass is 32.1. The molecule has 3 heterocycles. The van der Waals surface area contributed by atoms with Crippen molar-refractivity contribution in [1.82, 2.24) is 29.9 Å². The Morgan fingerprint density at radius 1 is 1.28 bits per heavy atom. The zero-order valence-corrected chi connectivity index (χ0v) is 14.2. The van der Waals surface area contributed by atoms with Crippen LogP contribution in [0.4, 0.5) is 5.82 Å². The number of fused-ring (bicyclic) bond motifs is 2. The van der Waals surface area contributed by atoms with Crippen molar-refractivity contribution in [3.05, 3.63) is 30.6 Å². The van der Waals surface area contributed by atoms with E-state index >= 15 is 0 Å². The number of nitrogens with one attached hydrogen (secondary N) is 2. The van der Waals surface area contributed by atoms with E-state index < -0.39 is 0 Å². The molecule has 0 atom stereocenters. The maximum Gasteiger partial charge on any atom is 0.164 e. The van der Waals surface area contributed by atoms with Crippen LogP contribution in [0.2, 0.25) is 0 Å². The number of aromatic nitrogens is 6. The van der Waals surface area contributed by atoms with Gasteiger partial charge in [0.15, 0.2) is 11.5 Å². The molecule has 3 aromatic heterocycles. The molecule has 0 unspecified atom stereocenters. The van der Waals surface area contributed by atoms with Gasteiger partial charge in [-0.2, -0.15) is 10.2 Å². The van der Waals surface area contributed by atoms with Gasteiger partial charge in [0.2, 0.25) is 0 Å². The topological polar surface area (TPSA) is 101 Å². The molecule has 0 aliphatic heterocycles. The van der Waals surface area contributed by atoms with Gasteiger partial charge >= 0.3 is 0 Å². The van der Waals surface area contributed by atoms with Crippen LogP contribution < -0.4 is 5.32 Å². The van der Waals surface area contributed by atoms with E-state index in [1.807, 2.05) is 25.2 Å². The Morgan fingerprint density at radius 2 is 2.20 bits per heavy atom. The third-order valence-electron chi connectivity index (χ3n) is 3.94. The maximum atomic E-state index is 10.5. The highest BCUT2D eigenvalue weighted by molar-refractivity contribution is 7.64. The van der Waals surface area contributed by atoms with E-state index in [0.717, 1.165) is 27.5 Å². The van der Waals surface area contributed by atoms with Crippen molar-refractivity contribution < 1.29 is 4.21 Å². The van der Waals surface area contributed by atoms with E-state index in [1.165, 1.54) is 0 Å². The maximum absolute atomic E-state index is 10.5. The quantitative estimate of drug-likeness (QED) is 0.418. The Kier molecular flexibility index (Phi) is 3.98. The molecule has 0 spiro atoms. The summed E-state index contributed by atoms with van der Waals surface area (Å²) in [6.45, 7) is 0.617. The molecule has 0 radical (unpaired) electrons. The minimum absolute atomic E-state index is 0.472. The van der Waals surface area contributed by atoms with Gasteiger partial charge < -0.3 is 5.32 Å². The fourth-order valence-electron chi connectivity index (χ4n) is 2.74. The van der Waals surface area contributed by atoms with Crippen LogP contribution in [0.25, 0.3) is 33.3 Å². The first kappa shape index (κ1) is 15.5. The number of anilines is 1. The van der Waals surface area contributed by atoms with E-state index in [-0.39, 0.29) is 0 Å². The summed E-state index contributed by atoms with van der Waals surface area (Å²) in [6.07, 6.45) is 4.16. The lowest BCUT2D eigenvalue weighted by Crippen LogP contribution is -2.06. The van der Waals surface area contributed by atoms with Crippen LogP contribution >= 0.6 is 0 Å². The molecule has 2 N–H and O–H groups in total. The fraction of sp³-hybridized carbons (Fsp3) is 0.188. The highest BCUT2D eigenvalue weighted by Gasteiger charge is 2.14. The second kappa shape index (κ2) is 6.44. The molecular formula is C16H15N7OS. The van der Waals surface area contributed by atoms with Crippen molar-refractivity contribution in [2.75, 3.05) is 11.9 Å². The van der Waals surface area contributed by atoms with Crippen molar-refractivity contribution in [1.29, 1.82) is 0 Å². The van der Waals surface area contributed by atoms with Gasteiger partial charge in [0.25, 0.3) is 0 Å². The van der Waals surface area contributed by atoms with E-state index in [0.29, 0.717) is 35.9 Å². The average molecular weight is 353 g/mol. The third kappa shape index (κ3) is 2.78. The first-order valence-electron chi connectivity index (χ1n) is 7.74. The van der Waals surface area contributed by atoms with Crippen LogP contribution in [0, 0.1) is 0 Å². The molecule has 8 nitrogen and oxygen atoms in total. The summed E-state index contributed by atoms with van der Waals surface area (Å²) in [7, 11) is 1.85. The number of nitrogens with zero attached hydrogens (tertiary/aromatic N) is 5. The normalized spacial score (nSPS) is 11.1. The van der Waals surface area contributed by atoms with Gasteiger partial charge in [0.05, 0.1) is 34.6 Å². The van der Waals surface area contributed by atoms with Crippen molar-refractivity contribution in [3.8, 4) is 11.4 Å². The number of hydrogen-bond acceptors (Lipinski definition) is 6. The fourth-order valence-corrected chi connectivity index (χ4v) is 2.95. The number of hydrogen-bond donors (Lipinski definition) is 2. The van der Waals surface area contributed by atoms with Gasteiger partial charge in [-0.15, -0.1) is 0 Å². The smallest absolute Gasteiger partial charge is 0.164 e. The molecule has 0 saturated heterocycles. The molecule has 1 aromatic carbocycles. The van der Waals surface area contributed by atoms with Crippen LogP contribution in [-0.2, 0) is 18.3 Å². The summed E-state index contributed by atoms with van der Waals surface area (Å²) >= 11 is 0.472. The van der Waals surface area contributed by atoms with Gasteiger partial charge in [0.1, 0.15) is 5.82 Å². The van der Waals surface area contributed by atoms with Crippen molar-refractivity contribution in [2.24, 2.45) is 7.05 Å². The van der Waals surface area contributed by atoms with Crippen LogP contribution in [0.5, 0.6) is 0 Å². The van der Waals surface area contributed by atoms with Crippen LogP contribution in [0.15, 0.2) is 30.6 Å². The lowest BCUT2D eigenvalue weighted by atomic mass is 10.1. The molecule has 25 heavy (non-hydrogen) atoms. The lowest BCUT2D eigenvalue weighted by Gasteiger charge is -2.09.